The molecule has 0 heterocycles. The van der Waals surface area contributed by atoms with Crippen LogP contribution in [0.2, 0.25) is 0 Å². The molecule has 0 saturated carbocycles. The highest BCUT2D eigenvalue weighted by molar-refractivity contribution is 5.26. The molecule has 90 valence electrons. The first-order valence-electron chi connectivity index (χ1n) is 5.84. The smallest absolute Gasteiger partial charge is 0.118 e. The zero-order valence-electron chi connectivity index (χ0n) is 10.2. The van der Waals surface area contributed by atoms with Crippen molar-refractivity contribution in [3.05, 3.63) is 29.8 Å². The van der Waals surface area contributed by atoms with E-state index >= 15 is 0 Å². The second-order valence-corrected chi connectivity index (χ2v) is 3.72. The van der Waals surface area contributed by atoms with Gasteiger partial charge in [-0.1, -0.05) is 31.9 Å². The molecule has 0 aliphatic heterocycles. The summed E-state index contributed by atoms with van der Waals surface area (Å²) in [7, 11) is 1.67. The summed E-state index contributed by atoms with van der Waals surface area (Å²) in [5.74, 6) is 0.882. The predicted molar refractivity (Wildman–Crippen MR) is 65.3 cm³/mol. The molecule has 0 fully saturated rings. The van der Waals surface area contributed by atoms with Crippen molar-refractivity contribution in [1.29, 1.82) is 0 Å². The van der Waals surface area contributed by atoms with Gasteiger partial charge in [0, 0.05) is 6.54 Å². The zero-order chi connectivity index (χ0) is 11.6. The minimum atomic E-state index is 0.732. The molecule has 0 spiro atoms. The van der Waals surface area contributed by atoms with Crippen LogP contribution in [0.4, 0.5) is 0 Å². The maximum atomic E-state index is 5.31. The number of nitrogens with one attached hydrogen (secondary N) is 1. The first kappa shape index (κ1) is 13.0. The maximum absolute atomic E-state index is 5.31. The van der Waals surface area contributed by atoms with Crippen molar-refractivity contribution in [2.45, 2.75) is 32.7 Å². The van der Waals surface area contributed by atoms with E-state index in [2.05, 4.69) is 12.4 Å². The second kappa shape index (κ2) is 8.13. The van der Waals surface area contributed by atoms with Crippen molar-refractivity contribution in [2.75, 3.05) is 13.7 Å². The largest absolute Gasteiger partial charge is 0.497 e. The molecule has 16 heavy (non-hydrogen) atoms. The van der Waals surface area contributed by atoms with Gasteiger partial charge in [-0.15, -0.1) is 0 Å². The molecule has 1 aromatic carbocycles. The fraction of sp³-hybridized carbons (Fsp3) is 0.538. The van der Waals surface area contributed by atoms with Gasteiger partial charge in [0.1, 0.15) is 5.75 Å². The lowest BCUT2D eigenvalue weighted by molar-refractivity contribution is 0.0342. The van der Waals surface area contributed by atoms with Crippen LogP contribution < -0.4 is 10.2 Å². The summed E-state index contributed by atoms with van der Waals surface area (Å²) in [5, 5.41) is 0. The Morgan fingerprint density at radius 3 is 2.50 bits per heavy atom. The molecule has 0 amide bonds. The monoisotopic (exact) mass is 223 g/mol. The Labute approximate surface area is 97.7 Å². The van der Waals surface area contributed by atoms with Crippen LogP contribution in [0.15, 0.2) is 24.3 Å². The number of methoxy groups -OCH3 is 1. The molecule has 0 aromatic heterocycles. The van der Waals surface area contributed by atoms with Gasteiger partial charge in [0.15, 0.2) is 0 Å². The number of hydrogen-bond acceptors (Lipinski definition) is 3. The Morgan fingerprint density at radius 1 is 1.12 bits per heavy atom. The summed E-state index contributed by atoms with van der Waals surface area (Å²) in [5.41, 5.74) is 4.15. The SMILES string of the molecule is CCCCCONCc1ccc(OC)cc1. The van der Waals surface area contributed by atoms with Crippen LogP contribution in [-0.4, -0.2) is 13.7 Å². The molecule has 0 radical (unpaired) electrons. The van der Waals surface area contributed by atoms with Crippen LogP contribution in [-0.2, 0) is 11.4 Å². The Balaban J connectivity index is 2.12. The number of hydroxylamine groups is 1. The summed E-state index contributed by atoms with van der Waals surface area (Å²) >= 11 is 0. The van der Waals surface area contributed by atoms with Crippen LogP contribution in [0.5, 0.6) is 5.75 Å². The molecule has 0 aliphatic carbocycles. The van der Waals surface area contributed by atoms with Gasteiger partial charge in [-0.2, -0.15) is 5.48 Å². The number of ether oxygens (including phenoxy) is 1. The maximum Gasteiger partial charge on any atom is 0.118 e. The topological polar surface area (TPSA) is 30.5 Å². The fourth-order valence-electron chi connectivity index (χ4n) is 1.37. The summed E-state index contributed by atoms with van der Waals surface area (Å²) in [6.45, 7) is 3.70. The van der Waals surface area contributed by atoms with Crippen LogP contribution in [0.1, 0.15) is 31.7 Å². The first-order valence-corrected chi connectivity index (χ1v) is 5.84. The minimum Gasteiger partial charge on any atom is -0.497 e. The van der Waals surface area contributed by atoms with Gasteiger partial charge < -0.3 is 9.57 Å². The van der Waals surface area contributed by atoms with E-state index in [9.17, 15) is 0 Å². The molecule has 1 rings (SSSR count). The molecule has 3 nitrogen and oxygen atoms in total. The van der Waals surface area contributed by atoms with Gasteiger partial charge in [-0.3, -0.25) is 0 Å². The van der Waals surface area contributed by atoms with E-state index in [-0.39, 0.29) is 0 Å². The Morgan fingerprint density at radius 2 is 1.88 bits per heavy atom. The number of benzene rings is 1. The molecule has 3 heteroatoms. The molecular weight excluding hydrogens is 202 g/mol. The molecule has 0 saturated heterocycles. The summed E-state index contributed by atoms with van der Waals surface area (Å²) < 4.78 is 5.09. The van der Waals surface area contributed by atoms with E-state index in [1.54, 1.807) is 7.11 Å². The van der Waals surface area contributed by atoms with Gasteiger partial charge in [0.05, 0.1) is 13.7 Å². The van der Waals surface area contributed by atoms with Gasteiger partial charge in [-0.05, 0) is 24.1 Å². The van der Waals surface area contributed by atoms with Crippen molar-refractivity contribution in [2.24, 2.45) is 0 Å². The highest BCUT2D eigenvalue weighted by atomic mass is 16.6. The fourth-order valence-corrected chi connectivity index (χ4v) is 1.37. The standard InChI is InChI=1S/C13H21NO2/c1-3-4-5-10-16-14-11-12-6-8-13(15-2)9-7-12/h6-9,14H,3-5,10-11H2,1-2H3. The lowest BCUT2D eigenvalue weighted by Crippen LogP contribution is -2.14. The lowest BCUT2D eigenvalue weighted by Gasteiger charge is -2.06. The van der Waals surface area contributed by atoms with Crippen molar-refractivity contribution >= 4 is 0 Å². The average Bonchev–Trinajstić information content (AvgIpc) is 2.34. The molecule has 0 unspecified atom stereocenters. The average molecular weight is 223 g/mol. The predicted octanol–water partition coefficient (Wildman–Crippen LogP) is 2.91. The van der Waals surface area contributed by atoms with E-state index in [4.69, 9.17) is 9.57 Å². The van der Waals surface area contributed by atoms with Crippen molar-refractivity contribution in [1.82, 2.24) is 5.48 Å². The van der Waals surface area contributed by atoms with Crippen molar-refractivity contribution in [3.8, 4) is 5.75 Å². The quantitative estimate of drug-likeness (QED) is 0.543. The molecule has 0 aliphatic rings. The molecule has 1 N–H and O–H groups in total. The second-order valence-electron chi connectivity index (χ2n) is 3.72. The van der Waals surface area contributed by atoms with E-state index in [1.807, 2.05) is 24.3 Å². The van der Waals surface area contributed by atoms with Gasteiger partial charge in [-0.25, -0.2) is 0 Å². The van der Waals surface area contributed by atoms with Gasteiger partial charge >= 0.3 is 0 Å². The normalized spacial score (nSPS) is 10.4. The number of hydrogen-bond donors (Lipinski definition) is 1. The van der Waals surface area contributed by atoms with E-state index in [0.717, 1.165) is 25.3 Å². The minimum absolute atomic E-state index is 0.732. The molecule has 1 aromatic rings. The zero-order valence-corrected chi connectivity index (χ0v) is 10.2. The summed E-state index contributed by atoms with van der Waals surface area (Å²) in [4.78, 5) is 5.31. The highest BCUT2D eigenvalue weighted by Gasteiger charge is 1.94. The third-order valence-electron chi connectivity index (χ3n) is 2.39. The van der Waals surface area contributed by atoms with Crippen molar-refractivity contribution in [3.63, 3.8) is 0 Å². The summed E-state index contributed by atoms with van der Waals surface area (Å²) in [6.07, 6.45) is 3.57. The van der Waals surface area contributed by atoms with Crippen LogP contribution in [0.25, 0.3) is 0 Å². The first-order chi connectivity index (χ1) is 7.86. The lowest BCUT2D eigenvalue weighted by atomic mass is 10.2. The number of rotatable bonds is 8. The van der Waals surface area contributed by atoms with Crippen LogP contribution in [0, 0.1) is 0 Å². The Kier molecular flexibility index (Phi) is 6.61. The van der Waals surface area contributed by atoms with E-state index in [1.165, 1.54) is 18.4 Å². The van der Waals surface area contributed by atoms with Gasteiger partial charge in [0.2, 0.25) is 0 Å². The van der Waals surface area contributed by atoms with Crippen molar-refractivity contribution < 1.29 is 9.57 Å². The summed E-state index contributed by atoms with van der Waals surface area (Å²) in [6, 6.07) is 7.96. The van der Waals surface area contributed by atoms with Crippen LogP contribution >= 0.6 is 0 Å². The van der Waals surface area contributed by atoms with Crippen LogP contribution in [0.3, 0.4) is 0 Å². The molecular formula is C13H21NO2. The van der Waals surface area contributed by atoms with Gasteiger partial charge in [0.25, 0.3) is 0 Å². The molecule has 0 atom stereocenters. The molecule has 0 bridgehead atoms. The third-order valence-corrected chi connectivity index (χ3v) is 2.39. The number of unbranched alkanes of at least 4 members (excludes halogenated alkanes) is 2. The van der Waals surface area contributed by atoms with E-state index in [0.29, 0.717) is 0 Å². The third kappa shape index (κ3) is 5.14. The van der Waals surface area contributed by atoms with E-state index < -0.39 is 0 Å². The Bertz CT molecular complexity index is 272. The Hall–Kier alpha value is -1.06. The highest BCUT2D eigenvalue weighted by Crippen LogP contribution is 2.10.